The van der Waals surface area contributed by atoms with E-state index in [4.69, 9.17) is 0 Å². The molecule has 3 heteroatoms. The van der Waals surface area contributed by atoms with E-state index in [0.29, 0.717) is 12.5 Å². The fourth-order valence-corrected chi connectivity index (χ4v) is 3.51. The zero-order chi connectivity index (χ0) is 16.9. The number of fused-ring (bicyclic) bond motifs is 1. The van der Waals surface area contributed by atoms with Crippen molar-refractivity contribution in [3.05, 3.63) is 53.1 Å². The lowest BCUT2D eigenvalue weighted by Gasteiger charge is -2.38. The van der Waals surface area contributed by atoms with Crippen molar-refractivity contribution in [3.63, 3.8) is 0 Å². The van der Waals surface area contributed by atoms with Crippen molar-refractivity contribution in [2.75, 3.05) is 26.2 Å². The van der Waals surface area contributed by atoms with Gasteiger partial charge in [-0.1, -0.05) is 49.4 Å². The summed E-state index contributed by atoms with van der Waals surface area (Å²) in [5.41, 5.74) is 3.69. The molecular formula is C21H28N2O. The van der Waals surface area contributed by atoms with Crippen LogP contribution in [-0.2, 0) is 11.2 Å². The third kappa shape index (κ3) is 3.96. The largest absolute Gasteiger partial charge is 0.340 e. The van der Waals surface area contributed by atoms with Crippen LogP contribution in [0.25, 0.3) is 6.08 Å². The summed E-state index contributed by atoms with van der Waals surface area (Å²) in [6.45, 7) is 8.21. The molecule has 0 aromatic heterocycles. The summed E-state index contributed by atoms with van der Waals surface area (Å²) in [5, 5.41) is 0. The molecule has 1 aromatic rings. The second kappa shape index (κ2) is 7.80. The second-order valence-electron chi connectivity index (χ2n) is 6.88. The molecule has 128 valence electrons. The Labute approximate surface area is 145 Å². The predicted molar refractivity (Wildman–Crippen MR) is 99.8 cm³/mol. The molecule has 0 spiro atoms. The Morgan fingerprint density at radius 1 is 1.17 bits per heavy atom. The summed E-state index contributed by atoms with van der Waals surface area (Å²) in [5.74, 6) is 0.258. The van der Waals surface area contributed by atoms with Gasteiger partial charge < -0.3 is 4.90 Å². The second-order valence-corrected chi connectivity index (χ2v) is 6.88. The molecule has 0 bridgehead atoms. The highest BCUT2D eigenvalue weighted by molar-refractivity contribution is 5.81. The number of allylic oxidation sites excluding steroid dienone is 2. The van der Waals surface area contributed by atoms with E-state index >= 15 is 0 Å². The van der Waals surface area contributed by atoms with Gasteiger partial charge in [0.05, 0.1) is 6.42 Å². The number of hydrogen-bond acceptors (Lipinski definition) is 2. The number of amides is 1. The van der Waals surface area contributed by atoms with Crippen LogP contribution in [-0.4, -0.2) is 47.9 Å². The highest BCUT2D eigenvalue weighted by atomic mass is 16.2. The minimum atomic E-state index is 0.258. The number of rotatable bonds is 4. The van der Waals surface area contributed by atoms with E-state index < -0.39 is 0 Å². The molecule has 1 aromatic carbocycles. The number of nitrogens with zero attached hydrogens (tertiary/aromatic N) is 2. The predicted octanol–water partition coefficient (Wildman–Crippen LogP) is 3.52. The van der Waals surface area contributed by atoms with E-state index in [-0.39, 0.29) is 5.91 Å². The summed E-state index contributed by atoms with van der Waals surface area (Å²) >= 11 is 0. The van der Waals surface area contributed by atoms with E-state index in [1.807, 2.05) is 4.90 Å². The Hall–Kier alpha value is -1.87. The SMILES string of the molecule is CCC(C)N1CCN(C(=O)CC2=Cc3ccccc3CC=C2)CC1. The summed E-state index contributed by atoms with van der Waals surface area (Å²) in [7, 11) is 0. The first kappa shape index (κ1) is 17.0. The van der Waals surface area contributed by atoms with Crippen LogP contribution in [0.15, 0.2) is 42.0 Å². The van der Waals surface area contributed by atoms with Crippen molar-refractivity contribution in [1.29, 1.82) is 0 Å². The van der Waals surface area contributed by atoms with Crippen LogP contribution in [0.2, 0.25) is 0 Å². The van der Waals surface area contributed by atoms with Crippen molar-refractivity contribution in [2.45, 2.75) is 39.2 Å². The van der Waals surface area contributed by atoms with Crippen LogP contribution in [0.4, 0.5) is 0 Å². The fraction of sp³-hybridized carbons (Fsp3) is 0.476. The average molecular weight is 324 g/mol. The van der Waals surface area contributed by atoms with Crippen molar-refractivity contribution in [3.8, 4) is 0 Å². The van der Waals surface area contributed by atoms with Gasteiger partial charge in [0.1, 0.15) is 0 Å². The zero-order valence-corrected chi connectivity index (χ0v) is 14.9. The Morgan fingerprint density at radius 3 is 2.67 bits per heavy atom. The maximum Gasteiger partial charge on any atom is 0.227 e. The first-order valence-corrected chi connectivity index (χ1v) is 9.14. The topological polar surface area (TPSA) is 23.6 Å². The first-order chi connectivity index (χ1) is 11.7. The Morgan fingerprint density at radius 2 is 1.92 bits per heavy atom. The Bertz CT molecular complexity index is 639. The van der Waals surface area contributed by atoms with E-state index in [9.17, 15) is 4.79 Å². The number of carbonyl (C=O) groups excluding carboxylic acids is 1. The van der Waals surface area contributed by atoms with E-state index in [2.05, 4.69) is 61.2 Å². The molecule has 24 heavy (non-hydrogen) atoms. The van der Waals surface area contributed by atoms with Crippen LogP contribution >= 0.6 is 0 Å². The van der Waals surface area contributed by atoms with E-state index in [0.717, 1.165) is 38.2 Å². The molecule has 1 fully saturated rings. The third-order valence-corrected chi connectivity index (χ3v) is 5.30. The lowest BCUT2D eigenvalue weighted by atomic mass is 10.0. The van der Waals surface area contributed by atoms with Gasteiger partial charge in [-0.3, -0.25) is 9.69 Å². The van der Waals surface area contributed by atoms with Gasteiger partial charge in [0.15, 0.2) is 0 Å². The molecule has 0 saturated carbocycles. The monoisotopic (exact) mass is 324 g/mol. The molecular weight excluding hydrogens is 296 g/mol. The van der Waals surface area contributed by atoms with Gasteiger partial charge in [-0.2, -0.15) is 0 Å². The summed E-state index contributed by atoms with van der Waals surface area (Å²) in [6.07, 6.45) is 9.09. The smallest absolute Gasteiger partial charge is 0.227 e. The number of carbonyl (C=O) groups is 1. The molecule has 1 atom stereocenters. The molecule has 1 aliphatic heterocycles. The number of piperazine rings is 1. The highest BCUT2D eigenvalue weighted by Crippen LogP contribution is 2.21. The molecule has 0 N–H and O–H groups in total. The third-order valence-electron chi connectivity index (χ3n) is 5.30. The zero-order valence-electron chi connectivity index (χ0n) is 14.9. The van der Waals surface area contributed by atoms with E-state index in [1.165, 1.54) is 17.5 Å². The van der Waals surface area contributed by atoms with Crippen LogP contribution in [0.5, 0.6) is 0 Å². The molecule has 1 aliphatic carbocycles. The minimum absolute atomic E-state index is 0.258. The number of hydrogen-bond donors (Lipinski definition) is 0. The van der Waals surface area contributed by atoms with Crippen molar-refractivity contribution < 1.29 is 4.79 Å². The van der Waals surface area contributed by atoms with Crippen LogP contribution in [0.3, 0.4) is 0 Å². The normalized spacial score (nSPS) is 19.4. The summed E-state index contributed by atoms with van der Waals surface area (Å²) < 4.78 is 0. The molecule has 3 nitrogen and oxygen atoms in total. The molecule has 3 rings (SSSR count). The molecule has 2 aliphatic rings. The lowest BCUT2D eigenvalue weighted by Crippen LogP contribution is -2.51. The Kier molecular flexibility index (Phi) is 5.52. The Balaban J connectivity index is 1.61. The van der Waals surface area contributed by atoms with E-state index in [1.54, 1.807) is 0 Å². The van der Waals surface area contributed by atoms with Gasteiger partial charge in [0.25, 0.3) is 0 Å². The fourth-order valence-electron chi connectivity index (χ4n) is 3.51. The van der Waals surface area contributed by atoms with Gasteiger partial charge >= 0.3 is 0 Å². The number of benzene rings is 1. The standard InChI is InChI=1S/C21H28N2O/c1-3-17(2)22-11-13-23(14-12-22)21(24)16-18-7-6-10-19-8-4-5-9-20(19)15-18/h4-9,15,17H,3,10-14,16H2,1-2H3. The lowest BCUT2D eigenvalue weighted by molar-refractivity contribution is -0.132. The quantitative estimate of drug-likeness (QED) is 0.846. The van der Waals surface area contributed by atoms with Crippen molar-refractivity contribution >= 4 is 12.0 Å². The van der Waals surface area contributed by atoms with Crippen molar-refractivity contribution in [2.24, 2.45) is 0 Å². The molecule has 1 saturated heterocycles. The molecule has 1 unspecified atom stereocenters. The van der Waals surface area contributed by atoms with Crippen LogP contribution in [0.1, 0.15) is 37.8 Å². The molecule has 1 heterocycles. The van der Waals surface area contributed by atoms with Gasteiger partial charge in [-0.05, 0) is 36.5 Å². The molecule has 0 radical (unpaired) electrons. The van der Waals surface area contributed by atoms with Gasteiger partial charge in [-0.15, -0.1) is 0 Å². The minimum Gasteiger partial charge on any atom is -0.340 e. The average Bonchev–Trinajstić information content (AvgIpc) is 2.82. The summed E-state index contributed by atoms with van der Waals surface area (Å²) in [6, 6.07) is 9.06. The maximum atomic E-state index is 12.7. The molecule has 1 amide bonds. The van der Waals surface area contributed by atoms with Gasteiger partial charge in [0.2, 0.25) is 5.91 Å². The summed E-state index contributed by atoms with van der Waals surface area (Å²) in [4.78, 5) is 17.2. The first-order valence-electron chi connectivity index (χ1n) is 9.14. The van der Waals surface area contributed by atoms with Gasteiger partial charge in [0, 0.05) is 32.2 Å². The van der Waals surface area contributed by atoms with Crippen LogP contribution < -0.4 is 0 Å². The highest BCUT2D eigenvalue weighted by Gasteiger charge is 2.23. The van der Waals surface area contributed by atoms with Gasteiger partial charge in [-0.25, -0.2) is 0 Å². The van der Waals surface area contributed by atoms with Crippen LogP contribution in [0, 0.1) is 0 Å². The van der Waals surface area contributed by atoms with Crippen molar-refractivity contribution in [1.82, 2.24) is 9.80 Å². The maximum absolute atomic E-state index is 12.7.